The van der Waals surface area contributed by atoms with Crippen molar-refractivity contribution in [1.29, 1.82) is 0 Å². The minimum Gasteiger partial charge on any atom is -0.337 e. The highest BCUT2D eigenvalue weighted by molar-refractivity contribution is 7.71. The summed E-state index contributed by atoms with van der Waals surface area (Å²) in [5, 5.41) is 0. The Balaban J connectivity index is 2.83. The second-order valence-corrected chi connectivity index (χ2v) is 3.88. The van der Waals surface area contributed by atoms with E-state index in [1.807, 2.05) is 12.4 Å². The molecule has 13 heavy (non-hydrogen) atoms. The number of aromatic amines is 1. The maximum absolute atomic E-state index is 5.18. The minimum absolute atomic E-state index is 0.508. The van der Waals surface area contributed by atoms with E-state index >= 15 is 0 Å². The van der Waals surface area contributed by atoms with E-state index in [4.69, 9.17) is 12.2 Å². The maximum Gasteiger partial charge on any atom is 0.177 e. The standard InChI is InChI=1S/C10H18N2S/c1-4-9(5-2)8(3)12-7-6-11-10(12)13/h6-9H,4-5H2,1-3H3,(H,11,13). The number of nitrogens with one attached hydrogen (secondary N) is 1. The molecule has 0 spiro atoms. The zero-order chi connectivity index (χ0) is 9.84. The Morgan fingerprint density at radius 2 is 2.08 bits per heavy atom. The minimum atomic E-state index is 0.508. The molecule has 0 saturated carbocycles. The molecule has 2 nitrogen and oxygen atoms in total. The predicted molar refractivity (Wildman–Crippen MR) is 58.4 cm³/mol. The molecule has 1 N–H and O–H groups in total. The molecule has 0 aromatic carbocycles. The van der Waals surface area contributed by atoms with Gasteiger partial charge in [-0.05, 0) is 25.1 Å². The van der Waals surface area contributed by atoms with Crippen molar-refractivity contribution in [3.05, 3.63) is 17.2 Å². The Bertz CT molecular complexity index is 296. The van der Waals surface area contributed by atoms with Crippen molar-refractivity contribution in [2.75, 3.05) is 0 Å². The van der Waals surface area contributed by atoms with Crippen LogP contribution in [0.4, 0.5) is 0 Å². The summed E-state index contributed by atoms with van der Waals surface area (Å²) >= 11 is 5.18. The highest BCUT2D eigenvalue weighted by Crippen LogP contribution is 2.23. The second kappa shape index (κ2) is 4.61. The van der Waals surface area contributed by atoms with Gasteiger partial charge in [0.15, 0.2) is 4.77 Å². The van der Waals surface area contributed by atoms with E-state index < -0.39 is 0 Å². The lowest BCUT2D eigenvalue weighted by Crippen LogP contribution is -2.14. The van der Waals surface area contributed by atoms with Crippen LogP contribution in [0.5, 0.6) is 0 Å². The van der Waals surface area contributed by atoms with Crippen LogP contribution in [0, 0.1) is 10.7 Å². The van der Waals surface area contributed by atoms with Crippen LogP contribution in [0.1, 0.15) is 39.7 Å². The molecule has 0 fully saturated rings. The number of aromatic nitrogens is 2. The number of hydrogen-bond donors (Lipinski definition) is 1. The highest BCUT2D eigenvalue weighted by Gasteiger charge is 2.14. The van der Waals surface area contributed by atoms with Crippen molar-refractivity contribution in [3.8, 4) is 0 Å². The summed E-state index contributed by atoms with van der Waals surface area (Å²) in [6.07, 6.45) is 6.36. The zero-order valence-corrected chi connectivity index (χ0v) is 9.40. The fraction of sp³-hybridized carbons (Fsp3) is 0.700. The molecule has 1 rings (SSSR count). The highest BCUT2D eigenvalue weighted by atomic mass is 32.1. The van der Waals surface area contributed by atoms with Gasteiger partial charge in [-0.25, -0.2) is 0 Å². The normalized spacial score (nSPS) is 13.5. The van der Waals surface area contributed by atoms with Crippen LogP contribution in [0.15, 0.2) is 12.4 Å². The average molecular weight is 198 g/mol. The molecule has 3 heteroatoms. The molecule has 0 aliphatic rings. The van der Waals surface area contributed by atoms with Crippen LogP contribution in [0.2, 0.25) is 0 Å². The predicted octanol–water partition coefficient (Wildman–Crippen LogP) is 3.54. The molecule has 1 heterocycles. The van der Waals surface area contributed by atoms with Gasteiger partial charge in [-0.3, -0.25) is 0 Å². The summed E-state index contributed by atoms with van der Waals surface area (Å²) in [5.41, 5.74) is 0. The summed E-state index contributed by atoms with van der Waals surface area (Å²) in [4.78, 5) is 3.03. The molecule has 0 amide bonds. The Morgan fingerprint density at radius 1 is 1.46 bits per heavy atom. The van der Waals surface area contributed by atoms with Gasteiger partial charge in [0.2, 0.25) is 0 Å². The molecule has 1 unspecified atom stereocenters. The maximum atomic E-state index is 5.18. The van der Waals surface area contributed by atoms with Crippen LogP contribution in [-0.4, -0.2) is 9.55 Å². The van der Waals surface area contributed by atoms with Crippen molar-refractivity contribution >= 4 is 12.2 Å². The molecular formula is C10H18N2S. The van der Waals surface area contributed by atoms with E-state index in [-0.39, 0.29) is 0 Å². The van der Waals surface area contributed by atoms with Crippen molar-refractivity contribution < 1.29 is 0 Å². The summed E-state index contributed by atoms with van der Waals surface area (Å²) in [5.74, 6) is 0.725. The third-order valence-corrected chi connectivity index (χ3v) is 3.17. The summed E-state index contributed by atoms with van der Waals surface area (Å²) < 4.78 is 2.98. The first-order valence-electron chi connectivity index (χ1n) is 4.96. The third-order valence-electron chi connectivity index (χ3n) is 2.85. The SMILES string of the molecule is CCC(CC)C(C)n1cc[nH]c1=S. The molecular weight excluding hydrogens is 180 g/mol. The van der Waals surface area contributed by atoms with Crippen molar-refractivity contribution in [2.45, 2.75) is 39.7 Å². The van der Waals surface area contributed by atoms with E-state index in [0.29, 0.717) is 6.04 Å². The largest absolute Gasteiger partial charge is 0.337 e. The number of rotatable bonds is 4. The third kappa shape index (κ3) is 2.21. The van der Waals surface area contributed by atoms with Gasteiger partial charge >= 0.3 is 0 Å². The van der Waals surface area contributed by atoms with Gasteiger partial charge in [-0.2, -0.15) is 0 Å². The Hall–Kier alpha value is -0.570. The Labute approximate surface area is 85.0 Å². The molecule has 0 saturated heterocycles. The molecule has 0 bridgehead atoms. The summed E-state index contributed by atoms with van der Waals surface area (Å²) in [6.45, 7) is 6.71. The second-order valence-electron chi connectivity index (χ2n) is 3.49. The molecule has 1 aromatic heterocycles. The summed E-state index contributed by atoms with van der Waals surface area (Å²) in [7, 11) is 0. The van der Waals surface area contributed by atoms with Crippen LogP contribution < -0.4 is 0 Å². The first-order valence-corrected chi connectivity index (χ1v) is 5.37. The van der Waals surface area contributed by atoms with Crippen molar-refractivity contribution in [2.24, 2.45) is 5.92 Å². The zero-order valence-electron chi connectivity index (χ0n) is 8.58. The van der Waals surface area contributed by atoms with Gasteiger partial charge < -0.3 is 9.55 Å². The van der Waals surface area contributed by atoms with Gasteiger partial charge in [0.05, 0.1) is 0 Å². The number of nitrogens with zero attached hydrogens (tertiary/aromatic N) is 1. The van der Waals surface area contributed by atoms with Gasteiger partial charge in [-0.15, -0.1) is 0 Å². The number of hydrogen-bond acceptors (Lipinski definition) is 1. The van der Waals surface area contributed by atoms with E-state index in [0.717, 1.165) is 10.7 Å². The Kier molecular flexibility index (Phi) is 3.72. The molecule has 1 aromatic rings. The molecule has 0 aliphatic carbocycles. The fourth-order valence-corrected chi connectivity index (χ4v) is 2.14. The van der Waals surface area contributed by atoms with Crippen molar-refractivity contribution in [1.82, 2.24) is 9.55 Å². The molecule has 0 radical (unpaired) electrons. The molecule has 0 aliphatic heterocycles. The van der Waals surface area contributed by atoms with Gasteiger partial charge in [0, 0.05) is 18.4 Å². The monoisotopic (exact) mass is 198 g/mol. The number of imidazole rings is 1. The Morgan fingerprint density at radius 3 is 2.46 bits per heavy atom. The van der Waals surface area contributed by atoms with Crippen LogP contribution in [-0.2, 0) is 0 Å². The lowest BCUT2D eigenvalue weighted by molar-refractivity contribution is 0.331. The quantitative estimate of drug-likeness (QED) is 0.734. The number of H-pyrrole nitrogens is 1. The topological polar surface area (TPSA) is 20.7 Å². The van der Waals surface area contributed by atoms with E-state index in [1.165, 1.54) is 12.8 Å². The van der Waals surface area contributed by atoms with Crippen LogP contribution in [0.3, 0.4) is 0 Å². The molecule has 74 valence electrons. The lowest BCUT2D eigenvalue weighted by Gasteiger charge is -2.22. The van der Waals surface area contributed by atoms with Crippen molar-refractivity contribution in [3.63, 3.8) is 0 Å². The van der Waals surface area contributed by atoms with Gasteiger partial charge in [0.1, 0.15) is 0 Å². The van der Waals surface area contributed by atoms with Gasteiger partial charge in [-0.1, -0.05) is 26.7 Å². The van der Waals surface area contributed by atoms with Gasteiger partial charge in [0.25, 0.3) is 0 Å². The lowest BCUT2D eigenvalue weighted by atomic mass is 9.95. The van der Waals surface area contributed by atoms with Crippen LogP contribution in [0.25, 0.3) is 0 Å². The first-order chi connectivity index (χ1) is 6.20. The molecule has 1 atom stereocenters. The fourth-order valence-electron chi connectivity index (χ4n) is 1.85. The van der Waals surface area contributed by atoms with E-state index in [1.54, 1.807) is 0 Å². The van der Waals surface area contributed by atoms with Crippen LogP contribution >= 0.6 is 12.2 Å². The first kappa shape index (κ1) is 10.5. The summed E-state index contributed by atoms with van der Waals surface area (Å²) in [6, 6.07) is 0.508. The average Bonchev–Trinajstić information content (AvgIpc) is 2.53. The van der Waals surface area contributed by atoms with E-state index in [2.05, 4.69) is 30.3 Å². The smallest absolute Gasteiger partial charge is 0.177 e. The van der Waals surface area contributed by atoms with E-state index in [9.17, 15) is 0 Å².